The second-order valence-corrected chi connectivity index (χ2v) is 6.05. The molecule has 1 unspecified atom stereocenters. The average Bonchev–Trinajstić information content (AvgIpc) is 2.35. The fourth-order valence-electron chi connectivity index (χ4n) is 2.01. The summed E-state index contributed by atoms with van der Waals surface area (Å²) < 4.78 is 37.4. The van der Waals surface area contributed by atoms with E-state index < -0.39 is 5.51 Å². The van der Waals surface area contributed by atoms with Crippen molar-refractivity contribution in [3.63, 3.8) is 0 Å². The van der Waals surface area contributed by atoms with Crippen molar-refractivity contribution in [3.8, 4) is 0 Å². The zero-order chi connectivity index (χ0) is 15.0. The fraction of sp³-hybridized carbons (Fsp3) is 0.600. The van der Waals surface area contributed by atoms with E-state index in [2.05, 4.69) is 12.2 Å². The number of para-hydroxylation sites is 1. The molecule has 0 fully saturated rings. The van der Waals surface area contributed by atoms with Gasteiger partial charge in [-0.25, -0.2) is 0 Å². The van der Waals surface area contributed by atoms with E-state index in [0.717, 1.165) is 12.8 Å². The minimum Gasteiger partial charge on any atom is -0.382 e. The van der Waals surface area contributed by atoms with Gasteiger partial charge in [0.1, 0.15) is 0 Å². The lowest BCUT2D eigenvalue weighted by Gasteiger charge is -2.18. The number of hydrogen-bond acceptors (Lipinski definition) is 2. The second-order valence-electron chi connectivity index (χ2n) is 4.94. The zero-order valence-corrected chi connectivity index (χ0v) is 12.8. The lowest BCUT2D eigenvalue weighted by molar-refractivity contribution is -0.0327. The van der Waals surface area contributed by atoms with Crippen LogP contribution in [0.4, 0.5) is 18.9 Å². The summed E-state index contributed by atoms with van der Waals surface area (Å²) in [5, 5.41) is 3.19. The lowest BCUT2D eigenvalue weighted by atomic mass is 10.1. The largest absolute Gasteiger partial charge is 0.446 e. The Kier molecular flexibility index (Phi) is 7.27. The van der Waals surface area contributed by atoms with Gasteiger partial charge >= 0.3 is 5.51 Å². The third kappa shape index (κ3) is 7.08. The summed E-state index contributed by atoms with van der Waals surface area (Å²) in [4.78, 5) is 0.236. The standard InChI is InChI=1S/C15H22F3NS/c1-3-4-5-6-9-12(2)19-13-10-7-8-11-14(13)20-15(16,17)18/h7-8,10-12,19H,3-6,9H2,1-2H3. The predicted octanol–water partition coefficient (Wildman–Crippen LogP) is 6.07. The molecule has 0 saturated heterocycles. The Hall–Kier alpha value is -0.840. The maximum atomic E-state index is 12.5. The topological polar surface area (TPSA) is 12.0 Å². The molecule has 0 aliphatic heterocycles. The summed E-state index contributed by atoms with van der Waals surface area (Å²) in [6.07, 6.45) is 5.67. The van der Waals surface area contributed by atoms with Crippen molar-refractivity contribution in [1.82, 2.24) is 0 Å². The molecule has 5 heteroatoms. The smallest absolute Gasteiger partial charge is 0.382 e. The maximum absolute atomic E-state index is 12.5. The molecule has 0 saturated carbocycles. The van der Waals surface area contributed by atoms with Crippen molar-refractivity contribution < 1.29 is 13.2 Å². The molecule has 1 atom stereocenters. The van der Waals surface area contributed by atoms with Gasteiger partial charge in [-0.1, -0.05) is 44.7 Å². The number of nitrogens with one attached hydrogen (secondary N) is 1. The van der Waals surface area contributed by atoms with Crippen molar-refractivity contribution in [3.05, 3.63) is 24.3 Å². The van der Waals surface area contributed by atoms with E-state index in [9.17, 15) is 13.2 Å². The van der Waals surface area contributed by atoms with Gasteiger partial charge in [-0.2, -0.15) is 13.2 Å². The number of unbranched alkanes of at least 4 members (excludes halogenated alkanes) is 3. The van der Waals surface area contributed by atoms with Crippen molar-refractivity contribution >= 4 is 17.4 Å². The summed E-state index contributed by atoms with van der Waals surface area (Å²) >= 11 is -0.0612. The Bertz CT molecular complexity index is 393. The molecule has 0 bridgehead atoms. The highest BCUT2D eigenvalue weighted by Crippen LogP contribution is 2.40. The number of thioether (sulfide) groups is 1. The van der Waals surface area contributed by atoms with Gasteiger partial charge in [0, 0.05) is 16.6 Å². The molecule has 0 heterocycles. The molecular formula is C15H22F3NS. The highest BCUT2D eigenvalue weighted by Gasteiger charge is 2.30. The summed E-state index contributed by atoms with van der Waals surface area (Å²) in [6.45, 7) is 4.17. The van der Waals surface area contributed by atoms with Crippen LogP contribution < -0.4 is 5.32 Å². The number of alkyl halides is 3. The van der Waals surface area contributed by atoms with Gasteiger partial charge in [0.15, 0.2) is 0 Å². The Morgan fingerprint density at radius 1 is 1.15 bits per heavy atom. The number of anilines is 1. The van der Waals surface area contributed by atoms with Crippen LogP contribution in [0, 0.1) is 0 Å². The van der Waals surface area contributed by atoms with Crippen LogP contribution in [-0.4, -0.2) is 11.6 Å². The van der Waals surface area contributed by atoms with Crippen LogP contribution in [0.25, 0.3) is 0 Å². The molecule has 0 aliphatic rings. The number of benzene rings is 1. The molecular weight excluding hydrogens is 283 g/mol. The third-order valence-electron chi connectivity index (χ3n) is 3.01. The molecule has 0 aliphatic carbocycles. The Morgan fingerprint density at radius 2 is 1.85 bits per heavy atom. The van der Waals surface area contributed by atoms with Crippen LogP contribution in [0.2, 0.25) is 0 Å². The normalized spacial score (nSPS) is 13.2. The van der Waals surface area contributed by atoms with E-state index in [1.54, 1.807) is 18.2 Å². The van der Waals surface area contributed by atoms with E-state index >= 15 is 0 Å². The Balaban J connectivity index is 2.54. The highest BCUT2D eigenvalue weighted by atomic mass is 32.2. The molecule has 0 radical (unpaired) electrons. The first-order valence-electron chi connectivity index (χ1n) is 7.03. The van der Waals surface area contributed by atoms with Gasteiger partial charge in [0.2, 0.25) is 0 Å². The molecule has 1 aromatic rings. The molecule has 20 heavy (non-hydrogen) atoms. The fourth-order valence-corrected chi connectivity index (χ4v) is 2.65. The minimum atomic E-state index is -4.25. The highest BCUT2D eigenvalue weighted by molar-refractivity contribution is 8.00. The van der Waals surface area contributed by atoms with E-state index in [1.165, 1.54) is 25.3 Å². The molecule has 1 rings (SSSR count). The van der Waals surface area contributed by atoms with Crippen LogP contribution in [0.3, 0.4) is 0 Å². The molecule has 1 nitrogen and oxygen atoms in total. The maximum Gasteiger partial charge on any atom is 0.446 e. The average molecular weight is 305 g/mol. The van der Waals surface area contributed by atoms with Gasteiger partial charge in [-0.15, -0.1) is 0 Å². The number of rotatable bonds is 8. The number of halogens is 3. The van der Waals surface area contributed by atoms with Gasteiger partial charge < -0.3 is 5.32 Å². The van der Waals surface area contributed by atoms with Crippen molar-refractivity contribution in [2.75, 3.05) is 5.32 Å². The second kappa shape index (κ2) is 8.45. The first-order chi connectivity index (χ1) is 9.42. The van der Waals surface area contributed by atoms with E-state index in [1.807, 2.05) is 6.92 Å². The quantitative estimate of drug-likeness (QED) is 0.462. The van der Waals surface area contributed by atoms with E-state index in [4.69, 9.17) is 0 Å². The van der Waals surface area contributed by atoms with E-state index in [-0.39, 0.29) is 22.7 Å². The van der Waals surface area contributed by atoms with Gasteiger partial charge in [0.05, 0.1) is 0 Å². The Labute approximate surface area is 123 Å². The molecule has 1 N–H and O–H groups in total. The minimum absolute atomic E-state index is 0.0612. The predicted molar refractivity (Wildman–Crippen MR) is 80.2 cm³/mol. The van der Waals surface area contributed by atoms with Crippen LogP contribution in [-0.2, 0) is 0 Å². The summed E-state index contributed by atoms with van der Waals surface area (Å²) in [7, 11) is 0. The third-order valence-corrected chi connectivity index (χ3v) is 3.81. The first-order valence-corrected chi connectivity index (χ1v) is 7.85. The molecule has 0 spiro atoms. The SMILES string of the molecule is CCCCCCC(C)Nc1ccccc1SC(F)(F)F. The van der Waals surface area contributed by atoms with Crippen LogP contribution in [0.1, 0.15) is 46.0 Å². The zero-order valence-electron chi connectivity index (χ0n) is 12.0. The molecule has 0 aromatic heterocycles. The van der Waals surface area contributed by atoms with Crippen LogP contribution in [0.5, 0.6) is 0 Å². The van der Waals surface area contributed by atoms with Crippen molar-refractivity contribution in [2.24, 2.45) is 0 Å². The van der Waals surface area contributed by atoms with E-state index in [0.29, 0.717) is 5.69 Å². The van der Waals surface area contributed by atoms with Gasteiger partial charge in [0.25, 0.3) is 0 Å². The van der Waals surface area contributed by atoms with Crippen LogP contribution in [0.15, 0.2) is 29.2 Å². The van der Waals surface area contributed by atoms with Gasteiger partial charge in [-0.3, -0.25) is 0 Å². The Morgan fingerprint density at radius 3 is 2.50 bits per heavy atom. The monoisotopic (exact) mass is 305 g/mol. The van der Waals surface area contributed by atoms with Gasteiger partial charge in [-0.05, 0) is 37.2 Å². The molecule has 1 aromatic carbocycles. The molecule has 114 valence electrons. The van der Waals surface area contributed by atoms with Crippen molar-refractivity contribution in [1.29, 1.82) is 0 Å². The van der Waals surface area contributed by atoms with Crippen molar-refractivity contribution in [2.45, 2.75) is 62.4 Å². The number of hydrogen-bond donors (Lipinski definition) is 1. The summed E-state index contributed by atoms with van der Waals surface area (Å²) in [6, 6.07) is 6.78. The summed E-state index contributed by atoms with van der Waals surface area (Å²) in [5.41, 5.74) is -3.68. The lowest BCUT2D eigenvalue weighted by Crippen LogP contribution is -2.15. The summed E-state index contributed by atoms with van der Waals surface area (Å²) in [5.74, 6) is 0. The first kappa shape index (κ1) is 17.2. The molecule has 0 amide bonds. The van der Waals surface area contributed by atoms with Crippen LogP contribution >= 0.6 is 11.8 Å².